The molecular formula is C19H23NO2. The third-order valence-electron chi connectivity index (χ3n) is 3.51. The van der Waals surface area contributed by atoms with Gasteiger partial charge < -0.3 is 10.1 Å². The maximum atomic E-state index is 11.9. The Kier molecular flexibility index (Phi) is 6.01. The van der Waals surface area contributed by atoms with Gasteiger partial charge in [-0.3, -0.25) is 4.79 Å². The average Bonchev–Trinajstić information content (AvgIpc) is 2.53. The number of hydrogen-bond acceptors (Lipinski definition) is 2. The minimum atomic E-state index is 0.0307. The summed E-state index contributed by atoms with van der Waals surface area (Å²) in [5.41, 5.74) is 2.35. The fourth-order valence-electron chi connectivity index (χ4n) is 2.19. The number of benzene rings is 2. The van der Waals surface area contributed by atoms with Crippen molar-refractivity contribution in [2.24, 2.45) is 0 Å². The van der Waals surface area contributed by atoms with E-state index in [4.69, 9.17) is 4.74 Å². The number of rotatable bonds is 7. The molecule has 1 N–H and O–H groups in total. The Balaban J connectivity index is 1.68. The van der Waals surface area contributed by atoms with Gasteiger partial charge in [0.25, 0.3) is 0 Å². The number of carbonyl (C=O) groups is 1. The van der Waals surface area contributed by atoms with Crippen molar-refractivity contribution in [3.05, 3.63) is 65.7 Å². The van der Waals surface area contributed by atoms with E-state index in [1.165, 1.54) is 5.56 Å². The van der Waals surface area contributed by atoms with Crippen LogP contribution in [0.25, 0.3) is 0 Å². The molecule has 0 aliphatic carbocycles. The van der Waals surface area contributed by atoms with Gasteiger partial charge in [-0.25, -0.2) is 0 Å². The maximum Gasteiger partial charge on any atom is 0.220 e. The Morgan fingerprint density at radius 1 is 1.09 bits per heavy atom. The van der Waals surface area contributed by atoms with Gasteiger partial charge in [0, 0.05) is 6.42 Å². The molecule has 0 aliphatic rings. The average molecular weight is 297 g/mol. The molecule has 3 heteroatoms. The number of hydrogen-bond donors (Lipinski definition) is 1. The zero-order valence-electron chi connectivity index (χ0n) is 13.2. The molecule has 0 aliphatic heterocycles. The minimum Gasteiger partial charge on any atom is -0.494 e. The van der Waals surface area contributed by atoms with Crippen LogP contribution in [-0.4, -0.2) is 12.5 Å². The molecule has 116 valence electrons. The lowest BCUT2D eigenvalue weighted by atomic mass is 10.1. The standard InChI is InChI=1S/C19H23NO2/c1-15-10-12-17(13-11-15)16(2)20-19(21)9-6-14-22-18-7-4-3-5-8-18/h3-5,7-8,10-13,16H,6,9,14H2,1-2H3,(H,20,21)/t16-/m1/s1. The Bertz CT molecular complexity index is 578. The lowest BCUT2D eigenvalue weighted by Gasteiger charge is -2.14. The van der Waals surface area contributed by atoms with E-state index < -0.39 is 0 Å². The summed E-state index contributed by atoms with van der Waals surface area (Å²) in [7, 11) is 0. The summed E-state index contributed by atoms with van der Waals surface area (Å²) < 4.78 is 5.58. The topological polar surface area (TPSA) is 38.3 Å². The number of nitrogens with one attached hydrogen (secondary N) is 1. The summed E-state index contributed by atoms with van der Waals surface area (Å²) in [6, 6.07) is 17.9. The normalized spacial score (nSPS) is 11.7. The van der Waals surface area contributed by atoms with Crippen molar-refractivity contribution in [3.63, 3.8) is 0 Å². The van der Waals surface area contributed by atoms with Crippen molar-refractivity contribution in [3.8, 4) is 5.75 Å². The Morgan fingerprint density at radius 3 is 2.45 bits per heavy atom. The summed E-state index contributed by atoms with van der Waals surface area (Å²) in [4.78, 5) is 11.9. The fourth-order valence-corrected chi connectivity index (χ4v) is 2.19. The second kappa shape index (κ2) is 8.23. The van der Waals surface area contributed by atoms with E-state index in [2.05, 4.69) is 36.5 Å². The van der Waals surface area contributed by atoms with Crippen LogP contribution in [0, 0.1) is 6.92 Å². The molecule has 22 heavy (non-hydrogen) atoms. The molecule has 0 bridgehead atoms. The van der Waals surface area contributed by atoms with Crippen LogP contribution in [-0.2, 0) is 4.79 Å². The SMILES string of the molecule is Cc1ccc([C@@H](C)NC(=O)CCCOc2ccccc2)cc1. The van der Waals surface area contributed by atoms with Gasteiger partial charge in [0.05, 0.1) is 12.6 Å². The number of carbonyl (C=O) groups excluding carboxylic acids is 1. The van der Waals surface area contributed by atoms with Gasteiger partial charge in [-0.2, -0.15) is 0 Å². The molecule has 0 aromatic heterocycles. The van der Waals surface area contributed by atoms with Gasteiger partial charge in [0.2, 0.25) is 5.91 Å². The highest BCUT2D eigenvalue weighted by atomic mass is 16.5. The summed E-state index contributed by atoms with van der Waals surface area (Å²) in [6.45, 7) is 4.61. The maximum absolute atomic E-state index is 11.9. The van der Waals surface area contributed by atoms with Crippen LogP contribution in [0.3, 0.4) is 0 Å². The molecule has 3 nitrogen and oxygen atoms in total. The number of aryl methyl sites for hydroxylation is 1. The molecule has 1 atom stereocenters. The van der Waals surface area contributed by atoms with Crippen LogP contribution in [0.4, 0.5) is 0 Å². The fraction of sp³-hybridized carbons (Fsp3) is 0.316. The van der Waals surface area contributed by atoms with Crippen LogP contribution in [0.5, 0.6) is 5.75 Å². The number of para-hydroxylation sites is 1. The van der Waals surface area contributed by atoms with Gasteiger partial charge >= 0.3 is 0 Å². The molecule has 0 radical (unpaired) electrons. The van der Waals surface area contributed by atoms with E-state index >= 15 is 0 Å². The Morgan fingerprint density at radius 2 is 1.77 bits per heavy atom. The highest BCUT2D eigenvalue weighted by Gasteiger charge is 2.09. The van der Waals surface area contributed by atoms with E-state index in [9.17, 15) is 4.79 Å². The first-order valence-corrected chi connectivity index (χ1v) is 7.69. The Hall–Kier alpha value is -2.29. The lowest BCUT2D eigenvalue weighted by molar-refractivity contribution is -0.121. The molecular weight excluding hydrogens is 274 g/mol. The molecule has 0 fully saturated rings. The quantitative estimate of drug-likeness (QED) is 0.784. The molecule has 0 saturated heterocycles. The highest BCUT2D eigenvalue weighted by Crippen LogP contribution is 2.13. The van der Waals surface area contributed by atoms with Crippen molar-refractivity contribution < 1.29 is 9.53 Å². The molecule has 0 unspecified atom stereocenters. The van der Waals surface area contributed by atoms with E-state index in [-0.39, 0.29) is 11.9 Å². The zero-order valence-corrected chi connectivity index (χ0v) is 13.2. The first-order chi connectivity index (χ1) is 10.6. The van der Waals surface area contributed by atoms with Crippen LogP contribution in [0.15, 0.2) is 54.6 Å². The molecule has 1 amide bonds. The van der Waals surface area contributed by atoms with Gasteiger partial charge in [0.1, 0.15) is 5.75 Å². The van der Waals surface area contributed by atoms with Crippen molar-refractivity contribution >= 4 is 5.91 Å². The van der Waals surface area contributed by atoms with E-state index in [0.29, 0.717) is 19.4 Å². The molecule has 0 saturated carbocycles. The largest absolute Gasteiger partial charge is 0.494 e. The molecule has 2 aromatic carbocycles. The van der Waals surface area contributed by atoms with Gasteiger partial charge in [-0.05, 0) is 38.0 Å². The van der Waals surface area contributed by atoms with Crippen molar-refractivity contribution in [2.45, 2.75) is 32.7 Å². The van der Waals surface area contributed by atoms with E-state index in [1.807, 2.05) is 37.3 Å². The van der Waals surface area contributed by atoms with Crippen LogP contribution in [0.2, 0.25) is 0 Å². The molecule has 0 spiro atoms. The van der Waals surface area contributed by atoms with Gasteiger partial charge in [0.15, 0.2) is 0 Å². The summed E-state index contributed by atoms with van der Waals surface area (Å²) in [5, 5.41) is 3.02. The third kappa shape index (κ3) is 5.24. The van der Waals surface area contributed by atoms with Gasteiger partial charge in [-0.1, -0.05) is 48.0 Å². The lowest BCUT2D eigenvalue weighted by Crippen LogP contribution is -2.26. The second-order valence-electron chi connectivity index (χ2n) is 5.46. The predicted octanol–water partition coefficient (Wildman–Crippen LogP) is 4.03. The second-order valence-corrected chi connectivity index (χ2v) is 5.46. The number of amides is 1. The first-order valence-electron chi connectivity index (χ1n) is 7.69. The monoisotopic (exact) mass is 297 g/mol. The van der Waals surface area contributed by atoms with Crippen molar-refractivity contribution in [1.82, 2.24) is 5.32 Å². The van der Waals surface area contributed by atoms with Crippen LogP contribution >= 0.6 is 0 Å². The summed E-state index contributed by atoms with van der Waals surface area (Å²) >= 11 is 0. The Labute approximate surface area is 132 Å². The van der Waals surface area contributed by atoms with Crippen molar-refractivity contribution in [1.29, 1.82) is 0 Å². The summed E-state index contributed by atoms with van der Waals surface area (Å²) in [6.07, 6.45) is 1.18. The van der Waals surface area contributed by atoms with Crippen LogP contribution < -0.4 is 10.1 Å². The first kappa shape index (κ1) is 16.1. The molecule has 2 aromatic rings. The van der Waals surface area contributed by atoms with Crippen LogP contribution in [0.1, 0.15) is 36.9 Å². The minimum absolute atomic E-state index is 0.0307. The summed E-state index contributed by atoms with van der Waals surface area (Å²) in [5.74, 6) is 0.903. The smallest absolute Gasteiger partial charge is 0.220 e. The van der Waals surface area contributed by atoms with E-state index in [1.54, 1.807) is 0 Å². The van der Waals surface area contributed by atoms with E-state index in [0.717, 1.165) is 11.3 Å². The van der Waals surface area contributed by atoms with Crippen molar-refractivity contribution in [2.75, 3.05) is 6.61 Å². The molecule has 2 rings (SSSR count). The number of ether oxygens (including phenoxy) is 1. The molecule has 0 heterocycles. The third-order valence-corrected chi connectivity index (χ3v) is 3.51. The zero-order chi connectivity index (χ0) is 15.8. The predicted molar refractivity (Wildman–Crippen MR) is 88.9 cm³/mol. The van der Waals surface area contributed by atoms with Gasteiger partial charge in [-0.15, -0.1) is 0 Å². The highest BCUT2D eigenvalue weighted by molar-refractivity contribution is 5.76.